The van der Waals surface area contributed by atoms with Crippen LogP contribution in [0, 0.1) is 0 Å². The molecule has 7 nitrogen and oxygen atoms in total. The van der Waals surface area contributed by atoms with Crippen molar-refractivity contribution in [2.24, 2.45) is 0 Å². The molecule has 2 fully saturated rings. The molecule has 1 saturated heterocycles. The van der Waals surface area contributed by atoms with Gasteiger partial charge in [-0.3, -0.25) is 0 Å². The summed E-state index contributed by atoms with van der Waals surface area (Å²) in [7, 11) is 0. The van der Waals surface area contributed by atoms with E-state index in [0.29, 0.717) is 6.04 Å². The first-order valence-corrected chi connectivity index (χ1v) is 8.75. The Kier molecular flexibility index (Phi) is 4.40. The summed E-state index contributed by atoms with van der Waals surface area (Å²) in [5, 5.41) is 3.55. The normalized spacial score (nSPS) is 18.8. The fraction of sp³-hybridized carbons (Fsp3) is 0.529. The van der Waals surface area contributed by atoms with Gasteiger partial charge in [0.25, 0.3) is 0 Å². The van der Waals surface area contributed by atoms with Gasteiger partial charge in [-0.1, -0.05) is 12.8 Å². The van der Waals surface area contributed by atoms with Crippen molar-refractivity contribution in [3.63, 3.8) is 0 Å². The van der Waals surface area contributed by atoms with Crippen molar-refractivity contribution < 1.29 is 0 Å². The minimum Gasteiger partial charge on any atom is -0.367 e. The monoisotopic (exact) mass is 325 g/mol. The molecule has 0 atom stereocenters. The quantitative estimate of drug-likeness (QED) is 0.921. The highest BCUT2D eigenvalue weighted by Gasteiger charge is 2.21. The third-order valence-electron chi connectivity index (χ3n) is 4.75. The second-order valence-corrected chi connectivity index (χ2v) is 6.39. The van der Waals surface area contributed by atoms with Crippen LogP contribution in [-0.4, -0.2) is 52.2 Å². The van der Waals surface area contributed by atoms with Crippen LogP contribution in [0.1, 0.15) is 25.7 Å². The zero-order valence-electron chi connectivity index (χ0n) is 13.8. The third kappa shape index (κ3) is 3.39. The van der Waals surface area contributed by atoms with Crippen molar-refractivity contribution in [3.05, 3.63) is 30.7 Å². The second kappa shape index (κ2) is 6.98. The van der Waals surface area contributed by atoms with Gasteiger partial charge in [0.1, 0.15) is 5.82 Å². The van der Waals surface area contributed by atoms with E-state index in [1.54, 1.807) is 12.4 Å². The average molecular weight is 325 g/mol. The molecule has 1 saturated carbocycles. The maximum absolute atomic E-state index is 4.71. The van der Waals surface area contributed by atoms with Crippen molar-refractivity contribution in [1.29, 1.82) is 0 Å². The summed E-state index contributed by atoms with van der Waals surface area (Å²) in [6.07, 6.45) is 10.6. The number of anilines is 3. The van der Waals surface area contributed by atoms with E-state index in [1.165, 1.54) is 25.7 Å². The number of rotatable bonds is 4. The highest BCUT2D eigenvalue weighted by molar-refractivity contribution is 5.44. The van der Waals surface area contributed by atoms with Gasteiger partial charge in [0.2, 0.25) is 11.9 Å². The lowest BCUT2D eigenvalue weighted by Gasteiger charge is -2.34. The predicted octanol–water partition coefficient (Wildman–Crippen LogP) is 1.95. The van der Waals surface area contributed by atoms with Crippen LogP contribution in [-0.2, 0) is 0 Å². The first-order chi connectivity index (χ1) is 11.9. The number of nitrogens with zero attached hydrogens (tertiary/aromatic N) is 6. The van der Waals surface area contributed by atoms with E-state index in [9.17, 15) is 0 Å². The van der Waals surface area contributed by atoms with Gasteiger partial charge in [-0.15, -0.1) is 0 Å². The molecule has 2 aromatic rings. The van der Waals surface area contributed by atoms with Crippen molar-refractivity contribution >= 4 is 17.7 Å². The summed E-state index contributed by atoms with van der Waals surface area (Å²) in [6, 6.07) is 4.38. The molecule has 2 aliphatic rings. The summed E-state index contributed by atoms with van der Waals surface area (Å²) in [6.45, 7) is 3.53. The largest absolute Gasteiger partial charge is 0.367 e. The van der Waals surface area contributed by atoms with E-state index in [4.69, 9.17) is 4.98 Å². The van der Waals surface area contributed by atoms with Crippen LogP contribution in [0.4, 0.5) is 17.7 Å². The van der Waals surface area contributed by atoms with Crippen LogP contribution < -0.4 is 15.1 Å². The molecule has 1 aliphatic carbocycles. The number of aromatic nitrogens is 4. The summed E-state index contributed by atoms with van der Waals surface area (Å²) < 4.78 is 0. The summed E-state index contributed by atoms with van der Waals surface area (Å²) in [5.74, 6) is 2.56. The molecule has 0 aromatic carbocycles. The first-order valence-electron chi connectivity index (χ1n) is 8.75. The van der Waals surface area contributed by atoms with Crippen LogP contribution in [0.5, 0.6) is 0 Å². The molecule has 126 valence electrons. The standard InChI is InChI=1S/C17H23N7/c1-2-5-14(4-1)21-15-6-9-20-17(22-15)24-12-10-23(11-13-24)16-18-7-3-8-19-16/h3,6-9,14H,1-2,4-5,10-13H2,(H,20,21,22). The SMILES string of the molecule is c1cnc(N2CCN(c3nccc(NC4CCCC4)n3)CC2)nc1. The van der Waals surface area contributed by atoms with Gasteiger partial charge in [-0.05, 0) is 25.0 Å². The Morgan fingerprint density at radius 3 is 2.17 bits per heavy atom. The number of hydrogen-bond donors (Lipinski definition) is 1. The van der Waals surface area contributed by atoms with Crippen LogP contribution in [0.25, 0.3) is 0 Å². The predicted molar refractivity (Wildman–Crippen MR) is 94.4 cm³/mol. The van der Waals surface area contributed by atoms with Crippen molar-refractivity contribution in [2.45, 2.75) is 31.7 Å². The summed E-state index contributed by atoms with van der Waals surface area (Å²) >= 11 is 0. The molecule has 1 aliphatic heterocycles. The molecule has 1 N–H and O–H groups in total. The highest BCUT2D eigenvalue weighted by atomic mass is 15.4. The molecule has 0 radical (unpaired) electrons. The minimum atomic E-state index is 0.569. The summed E-state index contributed by atoms with van der Waals surface area (Å²) in [5.41, 5.74) is 0. The van der Waals surface area contributed by atoms with E-state index in [2.05, 4.69) is 30.1 Å². The Labute approximate surface area is 142 Å². The average Bonchev–Trinajstić information content (AvgIpc) is 3.16. The van der Waals surface area contributed by atoms with Gasteiger partial charge >= 0.3 is 0 Å². The second-order valence-electron chi connectivity index (χ2n) is 6.39. The van der Waals surface area contributed by atoms with E-state index in [1.807, 2.05) is 18.3 Å². The lowest BCUT2D eigenvalue weighted by Crippen LogP contribution is -2.47. The molecule has 0 spiro atoms. The lowest BCUT2D eigenvalue weighted by molar-refractivity contribution is 0.627. The molecule has 0 bridgehead atoms. The van der Waals surface area contributed by atoms with Crippen molar-refractivity contribution in [1.82, 2.24) is 19.9 Å². The Balaban J connectivity index is 1.38. The fourth-order valence-corrected chi connectivity index (χ4v) is 3.42. The van der Waals surface area contributed by atoms with Gasteiger partial charge in [0, 0.05) is 50.8 Å². The maximum atomic E-state index is 4.71. The van der Waals surface area contributed by atoms with Gasteiger partial charge in [-0.25, -0.2) is 15.0 Å². The Hall–Kier alpha value is -2.44. The molecule has 24 heavy (non-hydrogen) atoms. The zero-order valence-corrected chi connectivity index (χ0v) is 13.8. The topological polar surface area (TPSA) is 70.1 Å². The van der Waals surface area contributed by atoms with E-state index in [-0.39, 0.29) is 0 Å². The molecule has 0 amide bonds. The smallest absolute Gasteiger partial charge is 0.227 e. The van der Waals surface area contributed by atoms with E-state index in [0.717, 1.165) is 43.9 Å². The van der Waals surface area contributed by atoms with Crippen molar-refractivity contribution in [2.75, 3.05) is 41.3 Å². The highest BCUT2D eigenvalue weighted by Crippen LogP contribution is 2.22. The Morgan fingerprint density at radius 1 is 0.833 bits per heavy atom. The molecular formula is C17H23N7. The maximum Gasteiger partial charge on any atom is 0.227 e. The van der Waals surface area contributed by atoms with Crippen molar-refractivity contribution in [3.8, 4) is 0 Å². The van der Waals surface area contributed by atoms with Crippen LogP contribution in [0.3, 0.4) is 0 Å². The number of piperazine rings is 1. The van der Waals surface area contributed by atoms with E-state index < -0.39 is 0 Å². The minimum absolute atomic E-state index is 0.569. The Bertz CT molecular complexity index is 649. The fourth-order valence-electron chi connectivity index (χ4n) is 3.42. The lowest BCUT2D eigenvalue weighted by atomic mass is 10.2. The van der Waals surface area contributed by atoms with Gasteiger partial charge in [-0.2, -0.15) is 4.98 Å². The van der Waals surface area contributed by atoms with Gasteiger partial charge in [0.15, 0.2) is 0 Å². The van der Waals surface area contributed by atoms with Crippen LogP contribution >= 0.6 is 0 Å². The number of nitrogens with one attached hydrogen (secondary N) is 1. The van der Waals surface area contributed by atoms with Gasteiger partial charge < -0.3 is 15.1 Å². The molecule has 7 heteroatoms. The third-order valence-corrected chi connectivity index (χ3v) is 4.75. The van der Waals surface area contributed by atoms with Crippen LogP contribution in [0.2, 0.25) is 0 Å². The molecule has 0 unspecified atom stereocenters. The van der Waals surface area contributed by atoms with Gasteiger partial charge in [0.05, 0.1) is 0 Å². The zero-order chi connectivity index (χ0) is 16.2. The summed E-state index contributed by atoms with van der Waals surface area (Å²) in [4.78, 5) is 22.3. The molecule has 3 heterocycles. The number of hydrogen-bond acceptors (Lipinski definition) is 7. The Morgan fingerprint density at radius 2 is 1.46 bits per heavy atom. The molecule has 2 aromatic heterocycles. The molecule has 4 rings (SSSR count). The molecular weight excluding hydrogens is 302 g/mol. The first kappa shape index (κ1) is 15.1. The van der Waals surface area contributed by atoms with Crippen LogP contribution in [0.15, 0.2) is 30.7 Å². The van der Waals surface area contributed by atoms with E-state index >= 15 is 0 Å².